The molecule has 1 amide bonds. The van der Waals surface area contributed by atoms with Crippen molar-refractivity contribution in [2.75, 3.05) is 13.1 Å². The van der Waals surface area contributed by atoms with Gasteiger partial charge in [-0.05, 0) is 35.9 Å². The Hall–Kier alpha value is -1.96. The summed E-state index contributed by atoms with van der Waals surface area (Å²) >= 11 is 5.79. The third kappa shape index (κ3) is 5.26. The number of rotatable bonds is 7. The van der Waals surface area contributed by atoms with Gasteiger partial charge in [0.2, 0.25) is 15.9 Å². The van der Waals surface area contributed by atoms with Crippen molar-refractivity contribution in [3.63, 3.8) is 0 Å². The molecule has 8 heteroatoms. The van der Waals surface area contributed by atoms with E-state index < -0.39 is 21.7 Å². The van der Waals surface area contributed by atoms with Crippen LogP contribution < -0.4 is 5.32 Å². The molecule has 0 bridgehead atoms. The Kier molecular flexibility index (Phi) is 6.52. The fourth-order valence-corrected chi connectivity index (χ4v) is 3.73. The molecule has 2 rings (SSSR count). The van der Waals surface area contributed by atoms with Crippen molar-refractivity contribution in [2.45, 2.75) is 18.4 Å². The summed E-state index contributed by atoms with van der Waals surface area (Å²) in [5.41, 5.74) is 0.841. The van der Waals surface area contributed by atoms with Gasteiger partial charge in [0, 0.05) is 18.1 Å². The summed E-state index contributed by atoms with van der Waals surface area (Å²) in [7, 11) is -3.94. The molecule has 25 heavy (non-hydrogen) atoms. The molecule has 0 saturated heterocycles. The summed E-state index contributed by atoms with van der Waals surface area (Å²) in [6.07, 6.45) is 0. The van der Waals surface area contributed by atoms with Crippen LogP contribution >= 0.6 is 11.6 Å². The van der Waals surface area contributed by atoms with Crippen molar-refractivity contribution in [3.8, 4) is 0 Å². The van der Waals surface area contributed by atoms with Gasteiger partial charge >= 0.3 is 0 Å². The van der Waals surface area contributed by atoms with Gasteiger partial charge in [-0.2, -0.15) is 4.31 Å². The average molecular weight is 385 g/mol. The number of halogens is 2. The van der Waals surface area contributed by atoms with Crippen LogP contribution in [0.25, 0.3) is 0 Å². The zero-order chi connectivity index (χ0) is 18.4. The first kappa shape index (κ1) is 19.4. The number of nitrogens with zero attached hydrogens (tertiary/aromatic N) is 1. The molecule has 1 N–H and O–H groups in total. The molecular weight excluding hydrogens is 367 g/mol. The smallest absolute Gasteiger partial charge is 0.243 e. The second kappa shape index (κ2) is 8.42. The molecule has 0 fully saturated rings. The van der Waals surface area contributed by atoms with Crippen LogP contribution in [-0.4, -0.2) is 31.7 Å². The second-order valence-corrected chi connectivity index (χ2v) is 7.67. The lowest BCUT2D eigenvalue weighted by Crippen LogP contribution is -2.40. The van der Waals surface area contributed by atoms with Crippen LogP contribution in [0.15, 0.2) is 53.4 Å². The number of carbonyl (C=O) groups is 1. The van der Waals surface area contributed by atoms with Crippen LogP contribution in [0.4, 0.5) is 4.39 Å². The highest BCUT2D eigenvalue weighted by atomic mass is 35.5. The van der Waals surface area contributed by atoms with Gasteiger partial charge in [0.15, 0.2) is 0 Å². The Balaban J connectivity index is 2.02. The van der Waals surface area contributed by atoms with Crippen molar-refractivity contribution in [1.29, 1.82) is 0 Å². The fraction of sp³-hybridized carbons (Fsp3) is 0.235. The largest absolute Gasteiger partial charge is 0.351 e. The summed E-state index contributed by atoms with van der Waals surface area (Å²) in [5.74, 6) is -1.10. The van der Waals surface area contributed by atoms with Crippen molar-refractivity contribution in [2.24, 2.45) is 0 Å². The van der Waals surface area contributed by atoms with Gasteiger partial charge in [0.05, 0.1) is 11.4 Å². The van der Waals surface area contributed by atoms with E-state index in [-0.39, 0.29) is 24.5 Å². The summed E-state index contributed by atoms with van der Waals surface area (Å²) in [6.45, 7) is 1.62. The van der Waals surface area contributed by atoms with E-state index in [0.717, 1.165) is 22.0 Å². The van der Waals surface area contributed by atoms with E-state index in [1.807, 2.05) is 0 Å². The minimum Gasteiger partial charge on any atom is -0.351 e. The number of hydrogen-bond acceptors (Lipinski definition) is 3. The molecule has 0 spiro atoms. The molecule has 0 unspecified atom stereocenters. The minimum absolute atomic E-state index is 0.0905. The lowest BCUT2D eigenvalue weighted by atomic mass is 10.2. The maximum absolute atomic E-state index is 13.3. The van der Waals surface area contributed by atoms with Gasteiger partial charge < -0.3 is 5.32 Å². The van der Waals surface area contributed by atoms with Crippen LogP contribution in [0, 0.1) is 5.82 Å². The van der Waals surface area contributed by atoms with E-state index in [0.29, 0.717) is 5.02 Å². The Morgan fingerprint density at radius 1 is 1.20 bits per heavy atom. The molecule has 134 valence electrons. The zero-order valence-corrected chi connectivity index (χ0v) is 15.1. The summed E-state index contributed by atoms with van der Waals surface area (Å²) in [5, 5.41) is 3.25. The van der Waals surface area contributed by atoms with Crippen LogP contribution in [0.5, 0.6) is 0 Å². The monoisotopic (exact) mass is 384 g/mol. The number of sulfonamides is 1. The first-order valence-corrected chi connectivity index (χ1v) is 9.41. The molecule has 2 aromatic rings. The highest BCUT2D eigenvalue weighted by molar-refractivity contribution is 7.89. The second-order valence-electron chi connectivity index (χ2n) is 5.29. The normalized spacial score (nSPS) is 11.5. The number of hydrogen-bond donors (Lipinski definition) is 1. The van der Waals surface area contributed by atoms with Crippen LogP contribution in [0.3, 0.4) is 0 Å². The molecule has 0 aliphatic rings. The maximum Gasteiger partial charge on any atom is 0.243 e. The number of benzene rings is 2. The highest BCUT2D eigenvalue weighted by Gasteiger charge is 2.25. The van der Waals surface area contributed by atoms with Crippen molar-refractivity contribution in [3.05, 3.63) is 64.9 Å². The standard InChI is InChI=1S/C17H18ClFN2O3S/c1-2-21(25(23,24)16-5-3-4-15(19)10-16)12-17(22)20-11-13-6-8-14(18)9-7-13/h3-10H,2,11-12H2,1H3,(H,20,22). The van der Waals surface area contributed by atoms with E-state index in [9.17, 15) is 17.6 Å². The Labute approximate surface area is 151 Å². The first-order chi connectivity index (χ1) is 11.8. The topological polar surface area (TPSA) is 66.5 Å². The lowest BCUT2D eigenvalue weighted by molar-refractivity contribution is -0.121. The van der Waals surface area contributed by atoms with Crippen molar-refractivity contribution < 1.29 is 17.6 Å². The first-order valence-electron chi connectivity index (χ1n) is 7.60. The van der Waals surface area contributed by atoms with E-state index in [2.05, 4.69) is 5.32 Å². The molecule has 0 radical (unpaired) electrons. The third-order valence-corrected chi connectivity index (χ3v) is 5.68. The number of nitrogens with one attached hydrogen (secondary N) is 1. The lowest BCUT2D eigenvalue weighted by Gasteiger charge is -2.20. The fourth-order valence-electron chi connectivity index (χ4n) is 2.16. The average Bonchev–Trinajstić information content (AvgIpc) is 2.59. The Bertz CT molecular complexity index is 841. The third-order valence-electron chi connectivity index (χ3n) is 3.51. The van der Waals surface area contributed by atoms with Crippen LogP contribution in [0.2, 0.25) is 5.02 Å². The molecule has 5 nitrogen and oxygen atoms in total. The molecule has 0 aliphatic carbocycles. The van der Waals surface area contributed by atoms with Gasteiger partial charge in [0.25, 0.3) is 0 Å². The number of carbonyl (C=O) groups excluding carboxylic acids is 1. The molecule has 0 atom stereocenters. The molecule has 0 heterocycles. The predicted molar refractivity (Wildman–Crippen MR) is 94.1 cm³/mol. The van der Waals surface area contributed by atoms with E-state index in [1.54, 1.807) is 31.2 Å². The summed E-state index contributed by atoms with van der Waals surface area (Å²) in [4.78, 5) is 11.9. The zero-order valence-electron chi connectivity index (χ0n) is 13.6. The van der Waals surface area contributed by atoms with Gasteiger partial charge in [-0.1, -0.05) is 36.7 Å². The molecule has 0 saturated carbocycles. The van der Waals surface area contributed by atoms with Gasteiger partial charge in [0.1, 0.15) is 5.82 Å². The molecule has 0 aliphatic heterocycles. The van der Waals surface area contributed by atoms with Crippen LogP contribution in [-0.2, 0) is 21.4 Å². The number of amides is 1. The van der Waals surface area contributed by atoms with Gasteiger partial charge in [-0.25, -0.2) is 12.8 Å². The van der Waals surface area contributed by atoms with E-state index in [4.69, 9.17) is 11.6 Å². The maximum atomic E-state index is 13.3. The van der Waals surface area contributed by atoms with Gasteiger partial charge in [-0.15, -0.1) is 0 Å². The quantitative estimate of drug-likeness (QED) is 0.798. The van der Waals surface area contributed by atoms with E-state index >= 15 is 0 Å². The van der Waals surface area contributed by atoms with Crippen molar-refractivity contribution >= 4 is 27.5 Å². The van der Waals surface area contributed by atoms with Gasteiger partial charge in [-0.3, -0.25) is 4.79 Å². The summed E-state index contributed by atoms with van der Waals surface area (Å²) in [6, 6.07) is 11.7. The Morgan fingerprint density at radius 3 is 2.48 bits per heavy atom. The van der Waals surface area contributed by atoms with Crippen molar-refractivity contribution in [1.82, 2.24) is 9.62 Å². The summed E-state index contributed by atoms with van der Waals surface area (Å²) < 4.78 is 39.3. The highest BCUT2D eigenvalue weighted by Crippen LogP contribution is 2.16. The minimum atomic E-state index is -3.94. The Morgan fingerprint density at radius 2 is 1.88 bits per heavy atom. The molecule has 2 aromatic carbocycles. The van der Waals surface area contributed by atoms with Crippen LogP contribution in [0.1, 0.15) is 12.5 Å². The van der Waals surface area contributed by atoms with E-state index in [1.165, 1.54) is 12.1 Å². The predicted octanol–water partition coefficient (Wildman–Crippen LogP) is 2.81. The number of likely N-dealkylation sites (N-methyl/N-ethyl adjacent to an activating group) is 1. The SMILES string of the molecule is CCN(CC(=O)NCc1ccc(Cl)cc1)S(=O)(=O)c1cccc(F)c1. The molecule has 0 aromatic heterocycles. The molecular formula is C17H18ClFN2O3S.